The van der Waals surface area contributed by atoms with Gasteiger partial charge in [0.05, 0.1) is 17.8 Å². The highest BCUT2D eigenvalue weighted by Gasteiger charge is 2.16. The van der Waals surface area contributed by atoms with Crippen LogP contribution in [0.4, 0.5) is 5.88 Å². The SMILES string of the molecule is CC1COC(c2ccc(-c3cnoc3N)cc2)=N1. The van der Waals surface area contributed by atoms with Crippen molar-refractivity contribution in [3.8, 4) is 11.1 Å². The van der Waals surface area contributed by atoms with E-state index in [1.54, 1.807) is 6.20 Å². The summed E-state index contributed by atoms with van der Waals surface area (Å²) in [5, 5.41) is 3.66. The van der Waals surface area contributed by atoms with Gasteiger partial charge >= 0.3 is 0 Å². The smallest absolute Gasteiger partial charge is 0.229 e. The number of aliphatic imine (C=N–C) groups is 1. The number of benzene rings is 1. The molecule has 2 aromatic rings. The second-order valence-corrected chi connectivity index (χ2v) is 4.28. The van der Waals surface area contributed by atoms with Gasteiger partial charge in [-0.05, 0) is 24.6 Å². The third-order valence-corrected chi connectivity index (χ3v) is 2.84. The van der Waals surface area contributed by atoms with Crippen molar-refractivity contribution in [3.05, 3.63) is 36.0 Å². The number of nitrogens with two attached hydrogens (primary N) is 1. The molecule has 1 atom stereocenters. The quantitative estimate of drug-likeness (QED) is 0.876. The summed E-state index contributed by atoms with van der Waals surface area (Å²) in [5.41, 5.74) is 8.40. The second kappa shape index (κ2) is 4.18. The number of rotatable bonds is 2. The highest BCUT2D eigenvalue weighted by atomic mass is 16.5. The average molecular weight is 243 g/mol. The van der Waals surface area contributed by atoms with Gasteiger partial charge in [0, 0.05) is 5.56 Å². The van der Waals surface area contributed by atoms with Gasteiger partial charge in [0.2, 0.25) is 11.8 Å². The second-order valence-electron chi connectivity index (χ2n) is 4.28. The van der Waals surface area contributed by atoms with Crippen molar-refractivity contribution >= 4 is 11.8 Å². The molecule has 5 nitrogen and oxygen atoms in total. The molecule has 0 bridgehead atoms. The van der Waals surface area contributed by atoms with Crippen LogP contribution in [0.5, 0.6) is 0 Å². The number of hydrogen-bond acceptors (Lipinski definition) is 5. The van der Waals surface area contributed by atoms with E-state index in [9.17, 15) is 0 Å². The van der Waals surface area contributed by atoms with Crippen molar-refractivity contribution in [2.24, 2.45) is 4.99 Å². The van der Waals surface area contributed by atoms with E-state index in [1.165, 1.54) is 0 Å². The molecule has 1 aliphatic heterocycles. The highest BCUT2D eigenvalue weighted by Crippen LogP contribution is 2.26. The molecular formula is C13H13N3O2. The predicted octanol–water partition coefficient (Wildman–Crippen LogP) is 2.09. The van der Waals surface area contributed by atoms with Crippen molar-refractivity contribution in [1.82, 2.24) is 5.16 Å². The van der Waals surface area contributed by atoms with Crippen molar-refractivity contribution < 1.29 is 9.26 Å². The topological polar surface area (TPSA) is 73.6 Å². The van der Waals surface area contributed by atoms with Crippen LogP contribution in [0.2, 0.25) is 0 Å². The van der Waals surface area contributed by atoms with Gasteiger partial charge in [-0.3, -0.25) is 0 Å². The van der Waals surface area contributed by atoms with Gasteiger partial charge in [-0.1, -0.05) is 17.3 Å². The number of aromatic nitrogens is 1. The normalized spacial score (nSPS) is 18.5. The molecule has 2 heterocycles. The molecular weight excluding hydrogens is 230 g/mol. The van der Waals surface area contributed by atoms with Crippen LogP contribution in [0, 0.1) is 0 Å². The molecule has 0 fully saturated rings. The Bertz CT molecular complexity index is 587. The minimum Gasteiger partial charge on any atom is -0.475 e. The standard InChI is InChI=1S/C13H13N3O2/c1-8-7-17-13(16-8)10-4-2-9(3-5-10)11-6-15-18-12(11)14/h2-6,8H,7,14H2,1H3. The molecule has 2 N–H and O–H groups in total. The Labute approximate surface area is 104 Å². The van der Waals surface area contributed by atoms with Crippen LogP contribution in [0.25, 0.3) is 11.1 Å². The largest absolute Gasteiger partial charge is 0.475 e. The van der Waals surface area contributed by atoms with Gasteiger partial charge < -0.3 is 15.0 Å². The lowest BCUT2D eigenvalue weighted by atomic mass is 10.1. The van der Waals surface area contributed by atoms with Crippen molar-refractivity contribution in [2.75, 3.05) is 12.3 Å². The fourth-order valence-electron chi connectivity index (χ4n) is 1.89. The molecule has 0 aliphatic carbocycles. The van der Waals surface area contributed by atoms with E-state index >= 15 is 0 Å². The molecule has 0 radical (unpaired) electrons. The Kier molecular flexibility index (Phi) is 2.51. The summed E-state index contributed by atoms with van der Waals surface area (Å²) in [5.74, 6) is 1.03. The molecule has 92 valence electrons. The molecule has 3 rings (SSSR count). The monoisotopic (exact) mass is 243 g/mol. The fourth-order valence-corrected chi connectivity index (χ4v) is 1.89. The molecule has 1 aliphatic rings. The maximum Gasteiger partial charge on any atom is 0.229 e. The summed E-state index contributed by atoms with van der Waals surface area (Å²) in [6.07, 6.45) is 1.61. The molecule has 0 amide bonds. The number of nitrogen functional groups attached to an aromatic ring is 1. The maximum absolute atomic E-state index is 5.67. The highest BCUT2D eigenvalue weighted by molar-refractivity contribution is 5.95. The summed E-state index contributed by atoms with van der Waals surface area (Å²) >= 11 is 0. The predicted molar refractivity (Wildman–Crippen MR) is 68.3 cm³/mol. The minimum absolute atomic E-state index is 0.230. The lowest BCUT2D eigenvalue weighted by Gasteiger charge is -2.03. The van der Waals surface area contributed by atoms with Gasteiger partial charge in [0.25, 0.3) is 0 Å². The van der Waals surface area contributed by atoms with Crippen molar-refractivity contribution in [3.63, 3.8) is 0 Å². The first-order valence-corrected chi connectivity index (χ1v) is 5.75. The van der Waals surface area contributed by atoms with E-state index in [1.807, 2.05) is 31.2 Å². The number of nitrogens with zero attached hydrogens (tertiary/aromatic N) is 2. The van der Waals surface area contributed by atoms with Gasteiger partial charge in [0.1, 0.15) is 6.61 Å². The summed E-state index contributed by atoms with van der Waals surface area (Å²) in [6.45, 7) is 2.68. The molecule has 1 unspecified atom stereocenters. The van der Waals surface area contributed by atoms with Crippen LogP contribution in [0.3, 0.4) is 0 Å². The summed E-state index contributed by atoms with van der Waals surface area (Å²) < 4.78 is 10.3. The lowest BCUT2D eigenvalue weighted by Crippen LogP contribution is -2.01. The molecule has 1 aromatic carbocycles. The number of ether oxygens (including phenoxy) is 1. The Morgan fingerprint density at radius 2 is 1.94 bits per heavy atom. The van der Waals surface area contributed by atoms with Crippen LogP contribution in [0.15, 0.2) is 40.0 Å². The van der Waals surface area contributed by atoms with E-state index in [-0.39, 0.29) is 6.04 Å². The summed E-state index contributed by atoms with van der Waals surface area (Å²) in [6, 6.07) is 8.05. The first-order chi connectivity index (χ1) is 8.74. The Morgan fingerprint density at radius 1 is 1.22 bits per heavy atom. The zero-order chi connectivity index (χ0) is 12.5. The number of hydrogen-bond donors (Lipinski definition) is 1. The molecule has 5 heteroatoms. The fraction of sp³-hybridized carbons (Fsp3) is 0.231. The zero-order valence-electron chi connectivity index (χ0n) is 9.96. The Hall–Kier alpha value is -2.30. The van der Waals surface area contributed by atoms with E-state index in [0.717, 1.165) is 16.7 Å². The summed E-state index contributed by atoms with van der Waals surface area (Å²) in [7, 11) is 0. The van der Waals surface area contributed by atoms with E-state index in [2.05, 4.69) is 10.1 Å². The molecule has 0 spiro atoms. The van der Waals surface area contributed by atoms with Crippen LogP contribution in [0.1, 0.15) is 12.5 Å². The van der Waals surface area contributed by atoms with Crippen molar-refractivity contribution in [2.45, 2.75) is 13.0 Å². The van der Waals surface area contributed by atoms with Crippen LogP contribution < -0.4 is 5.73 Å². The summed E-state index contributed by atoms with van der Waals surface area (Å²) in [4.78, 5) is 4.41. The lowest BCUT2D eigenvalue weighted by molar-refractivity contribution is 0.324. The van der Waals surface area contributed by atoms with Crippen LogP contribution in [-0.4, -0.2) is 23.7 Å². The zero-order valence-corrected chi connectivity index (χ0v) is 9.96. The molecule has 0 saturated carbocycles. The van der Waals surface area contributed by atoms with E-state index in [4.69, 9.17) is 15.0 Å². The van der Waals surface area contributed by atoms with E-state index < -0.39 is 0 Å². The minimum atomic E-state index is 0.230. The van der Waals surface area contributed by atoms with Crippen LogP contribution in [-0.2, 0) is 4.74 Å². The Balaban J connectivity index is 1.90. The first-order valence-electron chi connectivity index (χ1n) is 5.75. The van der Waals surface area contributed by atoms with Gasteiger partial charge in [-0.15, -0.1) is 0 Å². The van der Waals surface area contributed by atoms with Crippen LogP contribution >= 0.6 is 0 Å². The average Bonchev–Trinajstić information content (AvgIpc) is 2.98. The van der Waals surface area contributed by atoms with Gasteiger partial charge in [-0.2, -0.15) is 0 Å². The Morgan fingerprint density at radius 3 is 2.50 bits per heavy atom. The molecule has 0 saturated heterocycles. The van der Waals surface area contributed by atoms with Crippen molar-refractivity contribution in [1.29, 1.82) is 0 Å². The first kappa shape index (κ1) is 10.8. The third-order valence-electron chi connectivity index (χ3n) is 2.84. The van der Waals surface area contributed by atoms with E-state index in [0.29, 0.717) is 18.4 Å². The third kappa shape index (κ3) is 1.84. The van der Waals surface area contributed by atoms with Gasteiger partial charge in [-0.25, -0.2) is 4.99 Å². The molecule has 18 heavy (non-hydrogen) atoms. The number of anilines is 1. The maximum atomic E-state index is 5.67. The molecule has 1 aromatic heterocycles. The van der Waals surface area contributed by atoms with Gasteiger partial charge in [0.15, 0.2) is 0 Å².